The zero-order valence-electron chi connectivity index (χ0n) is 10.5. The van der Waals surface area contributed by atoms with Gasteiger partial charge in [-0.2, -0.15) is 11.8 Å². The maximum Gasteiger partial charge on any atom is 0.145 e. The van der Waals surface area contributed by atoms with Crippen molar-refractivity contribution >= 4 is 28.6 Å². The van der Waals surface area contributed by atoms with Crippen molar-refractivity contribution in [2.45, 2.75) is 18.2 Å². The molecule has 0 unspecified atom stereocenters. The first-order valence-electron chi connectivity index (χ1n) is 5.86. The van der Waals surface area contributed by atoms with E-state index in [-0.39, 0.29) is 17.9 Å². The number of para-hydroxylation sites is 2. The molecule has 2 aromatic rings. The summed E-state index contributed by atoms with van der Waals surface area (Å²) in [6.07, 6.45) is 3.72. The first-order chi connectivity index (χ1) is 8.74. The summed E-state index contributed by atoms with van der Waals surface area (Å²) < 4.78 is 0. The zero-order valence-corrected chi connectivity index (χ0v) is 11.3. The van der Waals surface area contributed by atoms with Crippen molar-refractivity contribution in [1.29, 1.82) is 0 Å². The third kappa shape index (κ3) is 2.91. The van der Waals surface area contributed by atoms with Crippen LogP contribution in [0.3, 0.4) is 0 Å². The molecule has 2 N–H and O–H groups in total. The van der Waals surface area contributed by atoms with Crippen molar-refractivity contribution in [2.75, 3.05) is 18.2 Å². The number of hydrogen-bond acceptors (Lipinski definition) is 5. The van der Waals surface area contributed by atoms with Crippen LogP contribution in [0.5, 0.6) is 0 Å². The van der Waals surface area contributed by atoms with E-state index in [9.17, 15) is 5.11 Å². The molecule has 96 valence electrons. The highest BCUT2D eigenvalue weighted by Crippen LogP contribution is 2.16. The van der Waals surface area contributed by atoms with Crippen LogP contribution in [0.1, 0.15) is 6.92 Å². The van der Waals surface area contributed by atoms with E-state index in [0.29, 0.717) is 0 Å². The number of aliphatic hydroxyl groups excluding tert-OH is 1. The number of rotatable bonds is 5. The van der Waals surface area contributed by atoms with E-state index in [1.165, 1.54) is 0 Å². The summed E-state index contributed by atoms with van der Waals surface area (Å²) >= 11 is 1.64. The normalized spacial score (nSPS) is 14.4. The van der Waals surface area contributed by atoms with Crippen LogP contribution in [-0.4, -0.2) is 39.2 Å². The van der Waals surface area contributed by atoms with Crippen molar-refractivity contribution in [3.05, 3.63) is 30.5 Å². The van der Waals surface area contributed by atoms with Crippen LogP contribution in [0.25, 0.3) is 11.0 Å². The summed E-state index contributed by atoms with van der Waals surface area (Å²) in [5.74, 6) is 0.744. The Hall–Kier alpha value is -1.33. The molecule has 0 aliphatic rings. The fourth-order valence-corrected chi connectivity index (χ4v) is 2.42. The van der Waals surface area contributed by atoms with Gasteiger partial charge in [0, 0.05) is 11.3 Å². The van der Waals surface area contributed by atoms with Crippen LogP contribution in [0, 0.1) is 0 Å². The molecule has 0 spiro atoms. The lowest BCUT2D eigenvalue weighted by Crippen LogP contribution is -2.31. The van der Waals surface area contributed by atoms with Gasteiger partial charge in [0.2, 0.25) is 0 Å². The van der Waals surface area contributed by atoms with Gasteiger partial charge in [-0.05, 0) is 25.3 Å². The maximum absolute atomic E-state index is 9.25. The summed E-state index contributed by atoms with van der Waals surface area (Å²) in [5.41, 5.74) is 1.76. The average molecular weight is 263 g/mol. The monoisotopic (exact) mass is 263 g/mol. The summed E-state index contributed by atoms with van der Waals surface area (Å²) in [7, 11) is 0. The van der Waals surface area contributed by atoms with Crippen molar-refractivity contribution < 1.29 is 5.11 Å². The van der Waals surface area contributed by atoms with Crippen LogP contribution in [0.4, 0.5) is 5.82 Å². The molecule has 2 atom stereocenters. The number of aliphatic hydroxyl groups is 1. The van der Waals surface area contributed by atoms with Crippen molar-refractivity contribution in [2.24, 2.45) is 0 Å². The molecule has 2 rings (SSSR count). The number of anilines is 1. The molecule has 0 aliphatic heterocycles. The van der Waals surface area contributed by atoms with Crippen molar-refractivity contribution in [1.82, 2.24) is 9.97 Å². The Labute approximate surface area is 111 Å². The molecular weight excluding hydrogens is 246 g/mol. The van der Waals surface area contributed by atoms with Gasteiger partial charge in [0.15, 0.2) is 0 Å². The highest BCUT2D eigenvalue weighted by atomic mass is 32.2. The minimum Gasteiger partial charge on any atom is -0.395 e. The van der Waals surface area contributed by atoms with Gasteiger partial charge in [-0.25, -0.2) is 4.98 Å². The van der Waals surface area contributed by atoms with Crippen LogP contribution < -0.4 is 5.32 Å². The molecular formula is C13H17N3OS. The third-order valence-corrected chi connectivity index (χ3v) is 4.03. The second-order valence-electron chi connectivity index (χ2n) is 4.13. The summed E-state index contributed by atoms with van der Waals surface area (Å²) in [5, 5.41) is 12.7. The number of nitrogens with zero attached hydrogens (tertiary/aromatic N) is 2. The standard InChI is InChI=1S/C13H17N3OS/c1-9(12(8-17)18-2)15-13-7-14-10-5-3-4-6-11(10)16-13/h3-7,9,12,17H,8H2,1-2H3,(H,15,16)/t9-,12-/m1/s1. The lowest BCUT2D eigenvalue weighted by Gasteiger charge is -2.21. The predicted octanol–water partition coefficient (Wildman–Crippen LogP) is 2.15. The quantitative estimate of drug-likeness (QED) is 0.865. The molecule has 0 saturated carbocycles. The summed E-state index contributed by atoms with van der Waals surface area (Å²) in [6, 6.07) is 7.91. The Morgan fingerprint density at radius 2 is 2.06 bits per heavy atom. The average Bonchev–Trinajstić information content (AvgIpc) is 2.40. The highest BCUT2D eigenvalue weighted by Gasteiger charge is 2.15. The second kappa shape index (κ2) is 6.02. The molecule has 1 heterocycles. The van der Waals surface area contributed by atoms with Crippen LogP contribution in [0.15, 0.2) is 30.5 Å². The van der Waals surface area contributed by atoms with Crippen molar-refractivity contribution in [3.63, 3.8) is 0 Å². The number of nitrogens with one attached hydrogen (secondary N) is 1. The molecule has 0 amide bonds. The fraction of sp³-hybridized carbons (Fsp3) is 0.385. The SMILES string of the molecule is CS[C@H](CO)[C@@H](C)Nc1cnc2ccccc2n1. The van der Waals surface area contributed by atoms with Gasteiger partial charge in [-0.15, -0.1) is 0 Å². The van der Waals surface area contributed by atoms with E-state index in [1.807, 2.05) is 37.4 Å². The topological polar surface area (TPSA) is 58.0 Å². The molecule has 0 bridgehead atoms. The van der Waals surface area contributed by atoms with Gasteiger partial charge in [0.1, 0.15) is 5.82 Å². The van der Waals surface area contributed by atoms with Crippen LogP contribution >= 0.6 is 11.8 Å². The zero-order chi connectivity index (χ0) is 13.0. The Bertz CT molecular complexity index is 516. The van der Waals surface area contributed by atoms with Gasteiger partial charge in [0.05, 0.1) is 23.8 Å². The lowest BCUT2D eigenvalue weighted by molar-refractivity contribution is 0.288. The molecule has 0 fully saturated rings. The number of benzene rings is 1. The van der Waals surface area contributed by atoms with Gasteiger partial charge < -0.3 is 10.4 Å². The first kappa shape index (κ1) is 13.1. The Balaban J connectivity index is 2.16. The fourth-order valence-electron chi connectivity index (χ4n) is 1.79. The van der Waals surface area contributed by atoms with Crippen molar-refractivity contribution in [3.8, 4) is 0 Å². The van der Waals surface area contributed by atoms with E-state index < -0.39 is 0 Å². The van der Waals surface area contributed by atoms with E-state index >= 15 is 0 Å². The number of hydrogen-bond donors (Lipinski definition) is 2. The minimum absolute atomic E-state index is 0.139. The van der Waals surface area contributed by atoms with E-state index in [2.05, 4.69) is 15.3 Å². The largest absolute Gasteiger partial charge is 0.395 e. The second-order valence-corrected chi connectivity index (χ2v) is 5.21. The Morgan fingerprint density at radius 1 is 1.33 bits per heavy atom. The molecule has 1 aromatic carbocycles. The van der Waals surface area contributed by atoms with Gasteiger partial charge in [-0.3, -0.25) is 4.98 Å². The van der Waals surface area contributed by atoms with Crippen LogP contribution in [-0.2, 0) is 0 Å². The Kier molecular flexibility index (Phi) is 4.38. The smallest absolute Gasteiger partial charge is 0.145 e. The molecule has 1 aromatic heterocycles. The third-order valence-electron chi connectivity index (χ3n) is 2.86. The van der Waals surface area contributed by atoms with Gasteiger partial charge in [0.25, 0.3) is 0 Å². The molecule has 0 aliphatic carbocycles. The Morgan fingerprint density at radius 3 is 2.72 bits per heavy atom. The molecule has 0 saturated heterocycles. The minimum atomic E-state index is 0.139. The summed E-state index contributed by atoms with van der Waals surface area (Å²) in [4.78, 5) is 8.85. The molecule has 4 nitrogen and oxygen atoms in total. The lowest BCUT2D eigenvalue weighted by atomic mass is 10.2. The molecule has 0 radical (unpaired) electrons. The first-order valence-corrected chi connectivity index (χ1v) is 7.15. The van der Waals surface area contributed by atoms with Gasteiger partial charge in [-0.1, -0.05) is 12.1 Å². The van der Waals surface area contributed by atoms with E-state index in [1.54, 1.807) is 18.0 Å². The maximum atomic E-state index is 9.25. The van der Waals surface area contributed by atoms with Gasteiger partial charge >= 0.3 is 0 Å². The summed E-state index contributed by atoms with van der Waals surface area (Å²) in [6.45, 7) is 2.19. The molecule has 18 heavy (non-hydrogen) atoms. The molecule has 5 heteroatoms. The van der Waals surface area contributed by atoms with E-state index in [0.717, 1.165) is 16.9 Å². The highest BCUT2D eigenvalue weighted by molar-refractivity contribution is 7.99. The number of aromatic nitrogens is 2. The number of fused-ring (bicyclic) bond motifs is 1. The number of thioether (sulfide) groups is 1. The predicted molar refractivity (Wildman–Crippen MR) is 77.0 cm³/mol. The van der Waals surface area contributed by atoms with E-state index in [4.69, 9.17) is 0 Å². The van der Waals surface area contributed by atoms with Crippen LogP contribution in [0.2, 0.25) is 0 Å².